The average molecular weight is 492 g/mol. The first-order valence-corrected chi connectivity index (χ1v) is 12.9. The molecule has 0 spiro atoms. The molecule has 5 rings (SSSR count). The van der Waals surface area contributed by atoms with E-state index in [0.717, 1.165) is 59.7 Å². The van der Waals surface area contributed by atoms with Crippen LogP contribution in [0.1, 0.15) is 48.5 Å². The second-order valence-electron chi connectivity index (χ2n) is 8.99. The van der Waals surface area contributed by atoms with E-state index in [1.165, 1.54) is 24.6 Å². The van der Waals surface area contributed by atoms with Crippen molar-refractivity contribution in [1.29, 1.82) is 5.26 Å². The van der Waals surface area contributed by atoms with E-state index < -0.39 is 0 Å². The Balaban J connectivity index is 1.36. The minimum Gasteiger partial charge on any atom is -0.497 e. The zero-order chi connectivity index (χ0) is 24.5. The third-order valence-electron chi connectivity index (χ3n) is 6.69. The first-order valence-electron chi connectivity index (χ1n) is 11.9. The Morgan fingerprint density at radius 2 is 1.91 bits per heavy atom. The molecule has 1 saturated carbocycles. The molecule has 1 aliphatic carbocycles. The number of rotatable bonds is 8. The summed E-state index contributed by atoms with van der Waals surface area (Å²) < 4.78 is 9.39. The molecule has 0 radical (unpaired) electrons. The maximum atomic E-state index is 13.1. The summed E-state index contributed by atoms with van der Waals surface area (Å²) in [7, 11) is 1.62. The molecule has 3 heterocycles. The highest BCUT2D eigenvalue weighted by Crippen LogP contribution is 2.41. The van der Waals surface area contributed by atoms with Crippen LogP contribution in [0.25, 0.3) is 5.69 Å². The van der Waals surface area contributed by atoms with E-state index in [4.69, 9.17) is 4.74 Å². The van der Waals surface area contributed by atoms with Crippen molar-refractivity contribution >= 4 is 29.4 Å². The molecule has 1 aromatic carbocycles. The van der Waals surface area contributed by atoms with Gasteiger partial charge in [-0.3, -0.25) is 13.9 Å². The highest BCUT2D eigenvalue weighted by molar-refractivity contribution is 7.99. The van der Waals surface area contributed by atoms with Gasteiger partial charge in [0.15, 0.2) is 5.16 Å². The summed E-state index contributed by atoms with van der Waals surface area (Å²) in [6.07, 6.45) is 4.60. The summed E-state index contributed by atoms with van der Waals surface area (Å²) in [6.45, 7) is 5.86. The van der Waals surface area contributed by atoms with Crippen LogP contribution in [0.2, 0.25) is 0 Å². The highest BCUT2D eigenvalue weighted by Gasteiger charge is 2.32. The van der Waals surface area contributed by atoms with Gasteiger partial charge in [-0.2, -0.15) is 5.26 Å². The van der Waals surface area contributed by atoms with Crippen molar-refractivity contribution in [2.24, 2.45) is 0 Å². The van der Waals surface area contributed by atoms with Crippen LogP contribution in [-0.2, 0) is 4.79 Å². The summed E-state index contributed by atoms with van der Waals surface area (Å²) in [5.41, 5.74) is 3.06. The van der Waals surface area contributed by atoms with Gasteiger partial charge in [0, 0.05) is 30.5 Å². The minimum absolute atomic E-state index is 0.182. The summed E-state index contributed by atoms with van der Waals surface area (Å²) in [5.74, 6) is 2.15. The normalized spacial score (nSPS) is 15.3. The van der Waals surface area contributed by atoms with Crippen LogP contribution in [0.15, 0.2) is 29.4 Å². The van der Waals surface area contributed by atoms with Crippen molar-refractivity contribution in [2.75, 3.05) is 36.2 Å². The van der Waals surface area contributed by atoms with Gasteiger partial charge in [0.05, 0.1) is 18.4 Å². The van der Waals surface area contributed by atoms with E-state index in [-0.39, 0.29) is 11.7 Å². The van der Waals surface area contributed by atoms with E-state index in [1.54, 1.807) is 7.11 Å². The molecule has 0 atom stereocenters. The number of thioether (sulfide) groups is 1. The number of hydrogen-bond donors (Lipinski definition) is 1. The smallest absolute Gasteiger partial charge is 0.236 e. The Bertz CT molecular complexity index is 1280. The van der Waals surface area contributed by atoms with Gasteiger partial charge < -0.3 is 15.0 Å². The van der Waals surface area contributed by atoms with Gasteiger partial charge in [0.25, 0.3) is 0 Å². The molecule has 1 aliphatic heterocycles. The topological polar surface area (TPSA) is 101 Å². The fourth-order valence-electron chi connectivity index (χ4n) is 4.57. The first-order chi connectivity index (χ1) is 17.0. The van der Waals surface area contributed by atoms with Gasteiger partial charge in [-0.1, -0.05) is 11.8 Å². The number of ether oxygens (including phenoxy) is 1. The Morgan fingerprint density at radius 1 is 1.20 bits per heavy atom. The molecule has 0 unspecified atom stereocenters. The van der Waals surface area contributed by atoms with Crippen LogP contribution >= 0.6 is 11.8 Å². The third kappa shape index (κ3) is 4.48. The van der Waals surface area contributed by atoms with Gasteiger partial charge in [-0.15, -0.1) is 10.2 Å². The molecule has 1 N–H and O–H groups in total. The standard InChI is InChI=1S/C25H29N7O2S/c1-16-17(2)31(18-8-10-20(34-3)11-9-18)23(21(16)14-26)27-22(33)15-35-25-29-28-24(30-12-4-5-13-30)32(25)19-6-7-19/h8-11,19H,4-7,12-13,15H2,1-3H3,(H,27,33). The van der Waals surface area contributed by atoms with Crippen LogP contribution in [0.4, 0.5) is 11.8 Å². The van der Waals surface area contributed by atoms with Gasteiger partial charge in [-0.25, -0.2) is 0 Å². The Labute approximate surface area is 209 Å². The number of benzene rings is 1. The van der Waals surface area contributed by atoms with Crippen molar-refractivity contribution in [3.05, 3.63) is 41.1 Å². The lowest BCUT2D eigenvalue weighted by molar-refractivity contribution is -0.113. The van der Waals surface area contributed by atoms with E-state index in [9.17, 15) is 10.1 Å². The van der Waals surface area contributed by atoms with Gasteiger partial charge in [-0.05, 0) is 69.4 Å². The van der Waals surface area contributed by atoms with Gasteiger partial charge in [0.1, 0.15) is 17.6 Å². The fraction of sp³-hybridized carbons (Fsp3) is 0.440. The number of nitrogens with zero attached hydrogens (tertiary/aromatic N) is 6. The Morgan fingerprint density at radius 3 is 2.54 bits per heavy atom. The second-order valence-corrected chi connectivity index (χ2v) is 9.94. The molecule has 0 bridgehead atoms. The van der Waals surface area contributed by atoms with E-state index in [0.29, 0.717) is 17.4 Å². The lowest BCUT2D eigenvalue weighted by Crippen LogP contribution is -2.22. The Kier molecular flexibility index (Phi) is 6.43. The summed E-state index contributed by atoms with van der Waals surface area (Å²) in [6, 6.07) is 10.2. The SMILES string of the molecule is COc1ccc(-n2c(C)c(C)c(C#N)c2NC(=O)CSc2nnc(N3CCCC3)n2C2CC2)cc1. The number of amides is 1. The lowest BCUT2D eigenvalue weighted by Gasteiger charge is -2.18. The predicted molar refractivity (Wildman–Crippen MR) is 136 cm³/mol. The summed E-state index contributed by atoms with van der Waals surface area (Å²) in [5, 5.41) is 22.5. The van der Waals surface area contributed by atoms with Crippen molar-refractivity contribution in [3.8, 4) is 17.5 Å². The number of methoxy groups -OCH3 is 1. The van der Waals surface area contributed by atoms with E-state index in [1.807, 2.05) is 42.7 Å². The number of carbonyl (C=O) groups is 1. The maximum absolute atomic E-state index is 13.1. The number of hydrogen-bond acceptors (Lipinski definition) is 7. The molecule has 1 saturated heterocycles. The molecule has 1 amide bonds. The number of nitrogens with one attached hydrogen (secondary N) is 1. The van der Waals surface area contributed by atoms with Crippen molar-refractivity contribution in [1.82, 2.24) is 19.3 Å². The summed E-state index contributed by atoms with van der Waals surface area (Å²) >= 11 is 1.40. The zero-order valence-corrected chi connectivity index (χ0v) is 21.1. The molecule has 2 aromatic heterocycles. The van der Waals surface area contributed by atoms with Crippen LogP contribution in [0.5, 0.6) is 5.75 Å². The molecule has 182 valence electrons. The van der Waals surface area contributed by atoms with Crippen molar-refractivity contribution in [3.63, 3.8) is 0 Å². The monoisotopic (exact) mass is 491 g/mol. The lowest BCUT2D eigenvalue weighted by atomic mass is 10.2. The minimum atomic E-state index is -0.188. The molecular formula is C25H29N7O2S. The quantitative estimate of drug-likeness (QED) is 0.471. The van der Waals surface area contributed by atoms with Crippen LogP contribution in [0, 0.1) is 25.2 Å². The Hall–Kier alpha value is -3.45. The van der Waals surface area contributed by atoms with Crippen molar-refractivity contribution in [2.45, 2.75) is 50.7 Å². The predicted octanol–water partition coefficient (Wildman–Crippen LogP) is 4.23. The second kappa shape index (κ2) is 9.66. The molecular weight excluding hydrogens is 462 g/mol. The molecule has 3 aromatic rings. The molecule has 2 aliphatic rings. The largest absolute Gasteiger partial charge is 0.497 e. The van der Waals surface area contributed by atoms with Crippen molar-refractivity contribution < 1.29 is 9.53 Å². The average Bonchev–Trinajstić information content (AvgIpc) is 3.29. The number of nitriles is 1. The fourth-order valence-corrected chi connectivity index (χ4v) is 5.37. The number of anilines is 2. The van der Waals surface area contributed by atoms with Crippen LogP contribution in [0.3, 0.4) is 0 Å². The van der Waals surface area contributed by atoms with E-state index in [2.05, 4.69) is 31.1 Å². The van der Waals surface area contributed by atoms with Crippen LogP contribution in [-0.4, -0.2) is 51.2 Å². The maximum Gasteiger partial charge on any atom is 0.236 e. The molecule has 10 heteroatoms. The third-order valence-corrected chi connectivity index (χ3v) is 7.64. The van der Waals surface area contributed by atoms with Crippen LogP contribution < -0.4 is 15.0 Å². The highest BCUT2D eigenvalue weighted by atomic mass is 32.2. The van der Waals surface area contributed by atoms with Gasteiger partial charge in [0.2, 0.25) is 11.9 Å². The molecule has 35 heavy (non-hydrogen) atoms. The number of aromatic nitrogens is 4. The zero-order valence-electron chi connectivity index (χ0n) is 20.2. The summed E-state index contributed by atoms with van der Waals surface area (Å²) in [4.78, 5) is 15.4. The first kappa shape index (κ1) is 23.3. The molecule has 2 fully saturated rings. The molecule has 9 nitrogen and oxygen atoms in total. The van der Waals surface area contributed by atoms with Gasteiger partial charge >= 0.3 is 0 Å². The number of carbonyl (C=O) groups excluding carboxylic acids is 1. The van der Waals surface area contributed by atoms with E-state index >= 15 is 0 Å².